The molecule has 154 valence electrons. The molecule has 0 saturated heterocycles. The second-order valence-electron chi connectivity index (χ2n) is 7.13. The summed E-state index contributed by atoms with van der Waals surface area (Å²) in [5.41, 5.74) is 0.328. The lowest BCUT2D eigenvalue weighted by Crippen LogP contribution is -2.37. The lowest BCUT2D eigenvalue weighted by molar-refractivity contribution is 0.0953. The molecular formula is C20H29ClN4O3. The predicted molar refractivity (Wildman–Crippen MR) is 114 cm³/mol. The Labute approximate surface area is 170 Å². The molecule has 2 aromatic rings. The average Bonchev–Trinajstić information content (AvgIpc) is 2.94. The van der Waals surface area contributed by atoms with Gasteiger partial charge in [0, 0.05) is 31.2 Å². The van der Waals surface area contributed by atoms with Crippen molar-refractivity contribution in [2.45, 2.75) is 58.0 Å². The van der Waals surface area contributed by atoms with E-state index in [2.05, 4.69) is 15.6 Å². The van der Waals surface area contributed by atoms with Gasteiger partial charge in [0.1, 0.15) is 0 Å². The number of aromatic nitrogens is 2. The number of carbonyl (C=O) groups is 1. The molecule has 0 aliphatic heterocycles. The van der Waals surface area contributed by atoms with E-state index in [0.717, 1.165) is 6.54 Å². The van der Waals surface area contributed by atoms with E-state index in [1.807, 2.05) is 6.92 Å². The van der Waals surface area contributed by atoms with Crippen LogP contribution in [-0.2, 0) is 6.54 Å². The highest BCUT2D eigenvalue weighted by Gasteiger charge is 2.12. The molecule has 0 atom stereocenters. The normalized spacial score (nSPS) is 15.0. The third-order valence-electron chi connectivity index (χ3n) is 5.25. The van der Waals surface area contributed by atoms with Crippen molar-refractivity contribution in [3.8, 4) is 0 Å². The molecular weight excluding hydrogens is 380 g/mol. The summed E-state index contributed by atoms with van der Waals surface area (Å²) >= 11 is 0. The SMILES string of the molecule is CCn1c(=O)c(=O)[nH]c2cc(C(=O)NCCNC3CCCCCC3)ccc21.Cl. The first kappa shape index (κ1) is 22.2. The minimum absolute atomic E-state index is 0. The Kier molecular flexibility index (Phi) is 8.26. The van der Waals surface area contributed by atoms with Crippen LogP contribution in [0.4, 0.5) is 0 Å². The molecule has 1 aliphatic carbocycles. The second kappa shape index (κ2) is 10.4. The number of rotatable bonds is 6. The van der Waals surface area contributed by atoms with Gasteiger partial charge in [-0.2, -0.15) is 0 Å². The van der Waals surface area contributed by atoms with Gasteiger partial charge < -0.3 is 20.2 Å². The lowest BCUT2D eigenvalue weighted by Gasteiger charge is -2.16. The molecule has 1 aromatic carbocycles. The molecule has 1 aromatic heterocycles. The van der Waals surface area contributed by atoms with Crippen LogP contribution in [0, 0.1) is 0 Å². The molecule has 0 radical (unpaired) electrons. The van der Waals surface area contributed by atoms with E-state index in [4.69, 9.17) is 0 Å². The standard InChI is InChI=1S/C20H28N4O3.ClH/c1-2-24-17-10-9-14(13-16(17)23-19(26)20(24)27)18(25)22-12-11-21-15-7-5-3-4-6-8-15;/h9-10,13,15,21H,2-8,11-12H2,1H3,(H,22,25)(H,23,26);1H. The molecule has 1 heterocycles. The zero-order valence-electron chi connectivity index (χ0n) is 16.3. The Bertz CT molecular complexity index is 914. The van der Waals surface area contributed by atoms with E-state index in [1.54, 1.807) is 18.2 Å². The fourth-order valence-corrected chi connectivity index (χ4v) is 3.77. The number of benzene rings is 1. The molecule has 1 amide bonds. The van der Waals surface area contributed by atoms with Gasteiger partial charge in [0.25, 0.3) is 5.91 Å². The molecule has 0 spiro atoms. The number of fused-ring (bicyclic) bond motifs is 1. The van der Waals surface area contributed by atoms with Crippen LogP contribution < -0.4 is 21.8 Å². The second-order valence-corrected chi connectivity index (χ2v) is 7.13. The Morgan fingerprint density at radius 3 is 2.54 bits per heavy atom. The van der Waals surface area contributed by atoms with Gasteiger partial charge in [0.2, 0.25) is 0 Å². The molecule has 0 unspecified atom stereocenters. The van der Waals surface area contributed by atoms with E-state index >= 15 is 0 Å². The van der Waals surface area contributed by atoms with Crippen LogP contribution in [0.25, 0.3) is 11.0 Å². The summed E-state index contributed by atoms with van der Waals surface area (Å²) in [6.45, 7) is 3.51. The number of nitrogens with zero attached hydrogens (tertiary/aromatic N) is 1. The Morgan fingerprint density at radius 1 is 1.14 bits per heavy atom. The topological polar surface area (TPSA) is 96.0 Å². The number of nitrogens with one attached hydrogen (secondary N) is 3. The summed E-state index contributed by atoms with van der Waals surface area (Å²) in [5.74, 6) is -0.185. The Morgan fingerprint density at radius 2 is 1.86 bits per heavy atom. The van der Waals surface area contributed by atoms with Crippen molar-refractivity contribution < 1.29 is 4.79 Å². The van der Waals surface area contributed by atoms with E-state index in [1.165, 1.54) is 43.1 Å². The van der Waals surface area contributed by atoms with Crippen LogP contribution in [-0.4, -0.2) is 34.6 Å². The van der Waals surface area contributed by atoms with Crippen molar-refractivity contribution in [1.29, 1.82) is 0 Å². The number of carbonyl (C=O) groups excluding carboxylic acids is 1. The smallest absolute Gasteiger partial charge is 0.316 e. The van der Waals surface area contributed by atoms with Crippen molar-refractivity contribution in [2.75, 3.05) is 13.1 Å². The van der Waals surface area contributed by atoms with E-state index in [9.17, 15) is 14.4 Å². The first-order valence-electron chi connectivity index (χ1n) is 9.88. The highest BCUT2D eigenvalue weighted by molar-refractivity contribution is 5.97. The zero-order valence-corrected chi connectivity index (χ0v) is 17.1. The number of aromatic amines is 1. The molecule has 1 fully saturated rings. The van der Waals surface area contributed by atoms with Crippen LogP contribution in [0.5, 0.6) is 0 Å². The molecule has 3 rings (SSSR count). The van der Waals surface area contributed by atoms with Gasteiger partial charge in [0.15, 0.2) is 0 Å². The first-order chi connectivity index (χ1) is 13.1. The highest BCUT2D eigenvalue weighted by atomic mass is 35.5. The predicted octanol–water partition coefficient (Wildman–Crippen LogP) is 2.17. The highest BCUT2D eigenvalue weighted by Crippen LogP contribution is 2.17. The van der Waals surface area contributed by atoms with Crippen molar-refractivity contribution >= 4 is 29.3 Å². The van der Waals surface area contributed by atoms with Gasteiger partial charge in [-0.05, 0) is 38.0 Å². The maximum atomic E-state index is 12.4. The number of amides is 1. The van der Waals surface area contributed by atoms with Crippen LogP contribution in [0.15, 0.2) is 27.8 Å². The van der Waals surface area contributed by atoms with Gasteiger partial charge in [-0.1, -0.05) is 25.7 Å². The molecule has 8 heteroatoms. The summed E-state index contributed by atoms with van der Waals surface area (Å²) < 4.78 is 1.41. The number of hydrogen-bond acceptors (Lipinski definition) is 4. The number of aryl methyl sites for hydroxylation is 1. The van der Waals surface area contributed by atoms with E-state index < -0.39 is 11.1 Å². The molecule has 3 N–H and O–H groups in total. The summed E-state index contributed by atoms with van der Waals surface area (Å²) in [6.07, 6.45) is 7.64. The quantitative estimate of drug-likeness (QED) is 0.387. The van der Waals surface area contributed by atoms with Gasteiger partial charge >= 0.3 is 11.1 Å². The summed E-state index contributed by atoms with van der Waals surface area (Å²) in [5, 5.41) is 6.44. The van der Waals surface area contributed by atoms with Crippen LogP contribution in [0.2, 0.25) is 0 Å². The maximum Gasteiger partial charge on any atom is 0.316 e. The van der Waals surface area contributed by atoms with Crippen molar-refractivity contribution in [2.24, 2.45) is 0 Å². The fourth-order valence-electron chi connectivity index (χ4n) is 3.77. The van der Waals surface area contributed by atoms with Crippen molar-refractivity contribution in [3.63, 3.8) is 0 Å². The molecule has 1 saturated carbocycles. The minimum atomic E-state index is -0.672. The van der Waals surface area contributed by atoms with Crippen LogP contribution >= 0.6 is 12.4 Å². The van der Waals surface area contributed by atoms with Crippen LogP contribution in [0.1, 0.15) is 55.8 Å². The summed E-state index contributed by atoms with van der Waals surface area (Å²) in [6, 6.07) is 5.56. The number of halogens is 1. The van der Waals surface area contributed by atoms with E-state index in [0.29, 0.717) is 35.7 Å². The summed E-state index contributed by atoms with van der Waals surface area (Å²) in [7, 11) is 0. The number of H-pyrrole nitrogens is 1. The zero-order chi connectivity index (χ0) is 19.2. The van der Waals surface area contributed by atoms with Gasteiger partial charge in [-0.15, -0.1) is 12.4 Å². The first-order valence-corrected chi connectivity index (χ1v) is 9.88. The van der Waals surface area contributed by atoms with Crippen molar-refractivity contribution in [3.05, 3.63) is 44.5 Å². The lowest BCUT2D eigenvalue weighted by atomic mass is 10.1. The summed E-state index contributed by atoms with van der Waals surface area (Å²) in [4.78, 5) is 38.6. The van der Waals surface area contributed by atoms with Crippen LogP contribution in [0.3, 0.4) is 0 Å². The van der Waals surface area contributed by atoms with Gasteiger partial charge in [-0.3, -0.25) is 14.4 Å². The fraction of sp³-hybridized carbons (Fsp3) is 0.550. The molecule has 0 bridgehead atoms. The minimum Gasteiger partial charge on any atom is -0.351 e. The van der Waals surface area contributed by atoms with Gasteiger partial charge in [-0.25, -0.2) is 0 Å². The third-order valence-corrected chi connectivity index (χ3v) is 5.25. The largest absolute Gasteiger partial charge is 0.351 e. The maximum absolute atomic E-state index is 12.4. The monoisotopic (exact) mass is 408 g/mol. The van der Waals surface area contributed by atoms with Gasteiger partial charge in [0.05, 0.1) is 11.0 Å². The third kappa shape index (κ3) is 5.23. The van der Waals surface area contributed by atoms with Crippen molar-refractivity contribution in [1.82, 2.24) is 20.2 Å². The molecule has 1 aliphatic rings. The van der Waals surface area contributed by atoms with E-state index in [-0.39, 0.29) is 18.3 Å². The molecule has 7 nitrogen and oxygen atoms in total. The number of hydrogen-bond donors (Lipinski definition) is 3. The molecule has 28 heavy (non-hydrogen) atoms. The average molecular weight is 409 g/mol. The Hall–Kier alpha value is -2.12. The Balaban J connectivity index is 0.00000280.